The molecule has 1 aliphatic heterocycles. The van der Waals surface area contributed by atoms with Crippen molar-refractivity contribution in [3.8, 4) is 0 Å². The number of hydrogen-bond donors (Lipinski definition) is 1. The molecule has 0 saturated carbocycles. The number of benzene rings is 2. The molecule has 0 aromatic heterocycles. The molecular formula is C22H25ClF2N2O4S. The number of rotatable bonds is 8. The van der Waals surface area contributed by atoms with Gasteiger partial charge >= 0.3 is 6.09 Å². The minimum Gasteiger partial charge on any atom is -0.438 e. The number of nitrogens with one attached hydrogen (secondary N) is 1. The van der Waals surface area contributed by atoms with Gasteiger partial charge in [-0.3, -0.25) is 0 Å². The molecule has 1 amide bonds. The van der Waals surface area contributed by atoms with Crippen LogP contribution in [-0.4, -0.2) is 38.8 Å². The van der Waals surface area contributed by atoms with E-state index in [1.807, 2.05) is 0 Å². The number of cyclic esters (lactones) is 1. The largest absolute Gasteiger partial charge is 0.438 e. The zero-order valence-electron chi connectivity index (χ0n) is 17.8. The van der Waals surface area contributed by atoms with Crippen LogP contribution in [0.4, 0.5) is 13.6 Å². The second-order valence-electron chi connectivity index (χ2n) is 7.93. The smallest absolute Gasteiger partial charge is 0.411 e. The third kappa shape index (κ3) is 5.76. The van der Waals surface area contributed by atoms with Crippen LogP contribution in [-0.2, 0) is 20.4 Å². The summed E-state index contributed by atoms with van der Waals surface area (Å²) in [5, 5.41) is 0.000186. The Morgan fingerprint density at radius 3 is 2.50 bits per heavy atom. The topological polar surface area (TPSA) is 75.7 Å². The minimum atomic E-state index is -3.34. The Kier molecular flexibility index (Phi) is 7.42. The van der Waals surface area contributed by atoms with Crippen LogP contribution in [0.5, 0.6) is 0 Å². The van der Waals surface area contributed by atoms with E-state index in [-0.39, 0.29) is 11.6 Å². The Hall–Kier alpha value is -2.23. The summed E-state index contributed by atoms with van der Waals surface area (Å²) in [4.78, 5) is 14.5. The van der Waals surface area contributed by atoms with E-state index >= 15 is 0 Å². The Bertz CT molecular complexity index is 1080. The Balaban J connectivity index is 1.79. The van der Waals surface area contributed by atoms with Crippen LogP contribution in [0, 0.1) is 11.6 Å². The van der Waals surface area contributed by atoms with Crippen molar-refractivity contribution < 1.29 is 26.7 Å². The quantitative estimate of drug-likeness (QED) is 0.546. The predicted octanol–water partition coefficient (Wildman–Crippen LogP) is 4.75. The maximum absolute atomic E-state index is 13.9. The van der Waals surface area contributed by atoms with Crippen LogP contribution in [0.3, 0.4) is 0 Å². The summed E-state index contributed by atoms with van der Waals surface area (Å²) in [7, 11) is -3.34. The molecule has 1 heterocycles. The molecule has 1 aliphatic rings. The van der Waals surface area contributed by atoms with Gasteiger partial charge in [0.15, 0.2) is 0 Å². The average molecular weight is 487 g/mol. The maximum Gasteiger partial charge on any atom is 0.411 e. The lowest BCUT2D eigenvalue weighted by Crippen LogP contribution is -2.49. The number of carbonyl (C=O) groups is 1. The molecule has 10 heteroatoms. The van der Waals surface area contributed by atoms with E-state index in [9.17, 15) is 22.0 Å². The molecule has 1 N–H and O–H groups in total. The van der Waals surface area contributed by atoms with Gasteiger partial charge in [-0.15, -0.1) is 0 Å². The van der Waals surface area contributed by atoms with E-state index < -0.39 is 39.4 Å². The van der Waals surface area contributed by atoms with Crippen molar-refractivity contribution in [2.45, 2.75) is 37.8 Å². The van der Waals surface area contributed by atoms with Crippen LogP contribution in [0.1, 0.15) is 43.4 Å². The van der Waals surface area contributed by atoms with E-state index in [1.165, 1.54) is 29.2 Å². The molecule has 0 aliphatic carbocycles. The van der Waals surface area contributed by atoms with Gasteiger partial charge in [0, 0.05) is 19.5 Å². The van der Waals surface area contributed by atoms with Crippen molar-refractivity contribution in [1.29, 1.82) is 0 Å². The van der Waals surface area contributed by atoms with Gasteiger partial charge in [-0.25, -0.2) is 26.7 Å². The number of hydrogen-bond acceptors (Lipinski definition) is 4. The van der Waals surface area contributed by atoms with E-state index in [0.29, 0.717) is 36.9 Å². The van der Waals surface area contributed by atoms with Gasteiger partial charge in [0.2, 0.25) is 10.0 Å². The molecule has 2 aromatic carbocycles. The van der Waals surface area contributed by atoms with Gasteiger partial charge in [-0.2, -0.15) is 0 Å². The van der Waals surface area contributed by atoms with Gasteiger partial charge in [-0.05, 0) is 55.2 Å². The van der Waals surface area contributed by atoms with Crippen LogP contribution >= 0.6 is 11.6 Å². The first-order chi connectivity index (χ1) is 15.0. The summed E-state index contributed by atoms with van der Waals surface area (Å²) in [5.74, 6) is -0.981. The molecule has 6 nitrogen and oxygen atoms in total. The fourth-order valence-electron chi connectivity index (χ4n) is 3.88. The highest BCUT2D eigenvalue weighted by Gasteiger charge is 2.43. The van der Waals surface area contributed by atoms with Crippen molar-refractivity contribution in [1.82, 2.24) is 9.62 Å². The zero-order chi connectivity index (χ0) is 23.5. The molecule has 1 fully saturated rings. The fourth-order valence-corrected chi connectivity index (χ4v) is 4.51. The highest BCUT2D eigenvalue weighted by atomic mass is 35.5. The Morgan fingerprint density at radius 2 is 1.91 bits per heavy atom. The zero-order valence-corrected chi connectivity index (χ0v) is 19.3. The molecular weight excluding hydrogens is 462 g/mol. The minimum absolute atomic E-state index is 0.000186. The van der Waals surface area contributed by atoms with Gasteiger partial charge < -0.3 is 9.64 Å². The van der Waals surface area contributed by atoms with Gasteiger partial charge in [-0.1, -0.05) is 29.8 Å². The molecule has 0 bridgehead atoms. The molecule has 0 spiro atoms. The average Bonchev–Trinajstić information content (AvgIpc) is 2.73. The maximum atomic E-state index is 13.9. The third-order valence-electron chi connectivity index (χ3n) is 5.66. The number of halogens is 3. The number of ether oxygens (including phenoxy) is 1. The van der Waals surface area contributed by atoms with Crippen LogP contribution in [0.2, 0.25) is 5.02 Å². The first-order valence-electron chi connectivity index (χ1n) is 10.2. The lowest BCUT2D eigenvalue weighted by Gasteiger charge is -2.43. The van der Waals surface area contributed by atoms with Crippen molar-refractivity contribution in [3.63, 3.8) is 0 Å². The number of nitrogens with zero attached hydrogens (tertiary/aromatic N) is 1. The van der Waals surface area contributed by atoms with Crippen molar-refractivity contribution >= 4 is 27.7 Å². The third-order valence-corrected chi connectivity index (χ3v) is 6.69. The first kappa shape index (κ1) is 24.4. The molecule has 2 atom stereocenters. The van der Waals surface area contributed by atoms with Crippen LogP contribution in [0.15, 0.2) is 42.5 Å². The lowest BCUT2D eigenvalue weighted by molar-refractivity contribution is -0.0662. The van der Waals surface area contributed by atoms with E-state index in [2.05, 4.69) is 4.72 Å². The Morgan fingerprint density at radius 1 is 1.22 bits per heavy atom. The van der Waals surface area contributed by atoms with Crippen LogP contribution < -0.4 is 4.72 Å². The summed E-state index contributed by atoms with van der Waals surface area (Å²) in [6.45, 7) is 2.27. The monoisotopic (exact) mass is 486 g/mol. The summed E-state index contributed by atoms with van der Waals surface area (Å²) >= 11 is 5.76. The number of carbonyl (C=O) groups excluding carboxylic acids is 1. The predicted molar refractivity (Wildman–Crippen MR) is 118 cm³/mol. The SMILES string of the molecule is C[C@@H](c1ccc(Cl)c(F)c1)N1CC[C@](CCCNS(C)(=O)=O)(c2ccc(F)cc2)OC1=O. The van der Waals surface area contributed by atoms with Crippen LogP contribution in [0.25, 0.3) is 0 Å². The van der Waals surface area contributed by atoms with Gasteiger partial charge in [0.25, 0.3) is 0 Å². The summed E-state index contributed by atoms with van der Waals surface area (Å²) in [5.41, 5.74) is 0.192. The lowest BCUT2D eigenvalue weighted by atomic mass is 9.84. The Labute approximate surface area is 191 Å². The van der Waals surface area contributed by atoms with Crippen molar-refractivity contribution in [2.75, 3.05) is 19.3 Å². The highest BCUT2D eigenvalue weighted by Crippen LogP contribution is 2.40. The van der Waals surface area contributed by atoms with E-state index in [0.717, 1.165) is 6.26 Å². The second kappa shape index (κ2) is 9.72. The number of amides is 1. The summed E-state index contributed by atoms with van der Waals surface area (Å²) in [6, 6.07) is 9.67. The molecule has 174 valence electrons. The molecule has 3 rings (SSSR count). The molecule has 0 radical (unpaired) electrons. The normalized spacial score (nSPS) is 20.2. The van der Waals surface area contributed by atoms with E-state index in [1.54, 1.807) is 25.1 Å². The summed E-state index contributed by atoms with van der Waals surface area (Å²) < 4.78 is 58.4. The number of sulfonamides is 1. The molecule has 1 saturated heterocycles. The van der Waals surface area contributed by atoms with Crippen molar-refractivity contribution in [2.24, 2.45) is 0 Å². The molecule has 0 unspecified atom stereocenters. The second-order valence-corrected chi connectivity index (χ2v) is 10.2. The fraction of sp³-hybridized carbons (Fsp3) is 0.409. The molecule has 32 heavy (non-hydrogen) atoms. The standard InChI is InChI=1S/C22H25ClF2N2O4S/c1-15(16-4-9-19(23)20(25)14-16)27-13-11-22(31-21(27)28,10-3-12-26-32(2,29)30)17-5-7-18(24)8-6-17/h4-9,14-15,26H,3,10-13H2,1-2H3/t15-,22+/m0/s1. The first-order valence-corrected chi connectivity index (χ1v) is 12.4. The van der Waals surface area contributed by atoms with E-state index in [4.69, 9.17) is 16.3 Å². The highest BCUT2D eigenvalue weighted by molar-refractivity contribution is 7.88. The molecule has 2 aromatic rings. The van der Waals surface area contributed by atoms with Crippen molar-refractivity contribution in [3.05, 3.63) is 70.2 Å². The summed E-state index contributed by atoms with van der Waals surface area (Å²) in [6.07, 6.45) is 1.66. The van der Waals surface area contributed by atoms with Gasteiger partial charge in [0.05, 0.1) is 17.3 Å². The van der Waals surface area contributed by atoms with Gasteiger partial charge in [0.1, 0.15) is 17.2 Å².